The number of aliphatic hydroxyl groups excluding tert-OH is 1. The molecule has 1 rings (SSSR count). The molecule has 0 aliphatic carbocycles. The molecule has 0 aliphatic heterocycles. The number of ether oxygens (including phenoxy) is 1. The van der Waals surface area contributed by atoms with Crippen molar-refractivity contribution in [2.75, 3.05) is 6.61 Å². The van der Waals surface area contributed by atoms with Crippen molar-refractivity contribution >= 4 is 5.97 Å². The van der Waals surface area contributed by atoms with Crippen molar-refractivity contribution in [1.29, 1.82) is 0 Å². The summed E-state index contributed by atoms with van der Waals surface area (Å²) in [6.07, 6.45) is -0.116. The highest BCUT2D eigenvalue weighted by atomic mass is 16.5. The average molecular weight is 194 g/mol. The van der Waals surface area contributed by atoms with Gasteiger partial charge in [0, 0.05) is 13.3 Å². The largest absolute Gasteiger partial charge is 0.463 e. The molecular formula is C11H14O3. The Morgan fingerprint density at radius 3 is 2.64 bits per heavy atom. The molecule has 0 aliphatic rings. The van der Waals surface area contributed by atoms with Crippen molar-refractivity contribution in [3.8, 4) is 0 Å². The topological polar surface area (TPSA) is 46.5 Å². The van der Waals surface area contributed by atoms with Gasteiger partial charge in [-0.1, -0.05) is 30.3 Å². The molecule has 0 amide bonds. The summed E-state index contributed by atoms with van der Waals surface area (Å²) in [6.45, 7) is 1.39. The third-order valence-electron chi connectivity index (χ3n) is 1.79. The standard InChI is InChI=1S/C11H14O3/c1-9(12)14-8-11(13)7-10-5-3-2-4-6-10/h2-6,11,13H,7-8H2,1H3/t11-/m0/s1. The average Bonchev–Trinajstić information content (AvgIpc) is 2.16. The van der Waals surface area contributed by atoms with E-state index in [0.29, 0.717) is 6.42 Å². The van der Waals surface area contributed by atoms with Crippen LogP contribution in [0.15, 0.2) is 30.3 Å². The van der Waals surface area contributed by atoms with Crippen LogP contribution in [-0.4, -0.2) is 23.8 Å². The quantitative estimate of drug-likeness (QED) is 0.731. The molecule has 0 heterocycles. The van der Waals surface area contributed by atoms with E-state index in [9.17, 15) is 9.90 Å². The lowest BCUT2D eigenvalue weighted by atomic mass is 10.1. The van der Waals surface area contributed by atoms with E-state index < -0.39 is 6.10 Å². The van der Waals surface area contributed by atoms with Crippen LogP contribution in [0.2, 0.25) is 0 Å². The zero-order chi connectivity index (χ0) is 10.4. The van der Waals surface area contributed by atoms with Crippen LogP contribution in [0.4, 0.5) is 0 Å². The molecule has 1 aromatic carbocycles. The normalized spacial score (nSPS) is 12.1. The van der Waals surface area contributed by atoms with E-state index in [1.54, 1.807) is 0 Å². The summed E-state index contributed by atoms with van der Waals surface area (Å²) in [4.78, 5) is 10.5. The summed E-state index contributed by atoms with van der Waals surface area (Å²) in [5, 5.41) is 9.47. The molecule has 0 unspecified atom stereocenters. The molecule has 1 atom stereocenters. The Kier molecular flexibility index (Phi) is 4.13. The van der Waals surface area contributed by atoms with Crippen LogP contribution in [0.25, 0.3) is 0 Å². The van der Waals surface area contributed by atoms with E-state index in [4.69, 9.17) is 0 Å². The molecule has 0 saturated heterocycles. The SMILES string of the molecule is CC(=O)OC[C@@H](O)Cc1ccccc1. The van der Waals surface area contributed by atoms with Gasteiger partial charge >= 0.3 is 5.97 Å². The minimum Gasteiger partial charge on any atom is -0.463 e. The van der Waals surface area contributed by atoms with Crippen LogP contribution in [-0.2, 0) is 16.0 Å². The molecule has 1 aromatic rings. The van der Waals surface area contributed by atoms with Crippen LogP contribution in [0, 0.1) is 0 Å². The maximum atomic E-state index is 10.5. The highest BCUT2D eigenvalue weighted by Crippen LogP contribution is 2.03. The second-order valence-corrected chi connectivity index (χ2v) is 3.15. The van der Waals surface area contributed by atoms with Gasteiger partial charge in [-0.3, -0.25) is 4.79 Å². The van der Waals surface area contributed by atoms with Gasteiger partial charge < -0.3 is 9.84 Å². The Morgan fingerprint density at radius 2 is 2.07 bits per heavy atom. The molecular weight excluding hydrogens is 180 g/mol. The molecule has 1 N–H and O–H groups in total. The lowest BCUT2D eigenvalue weighted by Gasteiger charge is -2.09. The lowest BCUT2D eigenvalue weighted by molar-refractivity contribution is -0.143. The third-order valence-corrected chi connectivity index (χ3v) is 1.79. The molecule has 0 fully saturated rings. The number of benzene rings is 1. The van der Waals surface area contributed by atoms with Gasteiger partial charge in [0.1, 0.15) is 6.61 Å². The fraction of sp³-hybridized carbons (Fsp3) is 0.364. The maximum Gasteiger partial charge on any atom is 0.302 e. The van der Waals surface area contributed by atoms with Gasteiger partial charge in [0.25, 0.3) is 0 Å². The van der Waals surface area contributed by atoms with Gasteiger partial charge in [-0.25, -0.2) is 0 Å². The van der Waals surface area contributed by atoms with Crippen LogP contribution >= 0.6 is 0 Å². The summed E-state index contributed by atoms with van der Waals surface area (Å²) >= 11 is 0. The van der Waals surface area contributed by atoms with Crippen LogP contribution in [0.3, 0.4) is 0 Å². The number of hydrogen-bond acceptors (Lipinski definition) is 3. The smallest absolute Gasteiger partial charge is 0.302 e. The fourth-order valence-corrected chi connectivity index (χ4v) is 1.16. The van der Waals surface area contributed by atoms with Gasteiger partial charge in [0.2, 0.25) is 0 Å². The fourth-order valence-electron chi connectivity index (χ4n) is 1.16. The summed E-state index contributed by atoms with van der Waals surface area (Å²) in [5.74, 6) is -0.364. The number of aliphatic hydroxyl groups is 1. The van der Waals surface area contributed by atoms with E-state index in [2.05, 4.69) is 4.74 Å². The minimum atomic E-state index is -0.624. The molecule has 0 saturated carbocycles. The molecule has 0 aromatic heterocycles. The number of rotatable bonds is 4. The van der Waals surface area contributed by atoms with Crippen molar-refractivity contribution in [3.05, 3.63) is 35.9 Å². The van der Waals surface area contributed by atoms with Gasteiger partial charge in [0.05, 0.1) is 6.10 Å². The van der Waals surface area contributed by atoms with Gasteiger partial charge in [-0.2, -0.15) is 0 Å². The first kappa shape index (κ1) is 10.7. The Hall–Kier alpha value is -1.35. The molecule has 0 radical (unpaired) electrons. The van der Waals surface area contributed by atoms with Crippen molar-refractivity contribution in [2.24, 2.45) is 0 Å². The van der Waals surface area contributed by atoms with Crippen LogP contribution < -0.4 is 0 Å². The maximum absolute atomic E-state index is 10.5. The summed E-state index contributed by atoms with van der Waals surface area (Å²) in [6, 6.07) is 9.59. The summed E-state index contributed by atoms with van der Waals surface area (Å²) < 4.78 is 4.69. The molecule has 3 heteroatoms. The van der Waals surface area contributed by atoms with Crippen LogP contribution in [0.1, 0.15) is 12.5 Å². The molecule has 14 heavy (non-hydrogen) atoms. The van der Waals surface area contributed by atoms with E-state index >= 15 is 0 Å². The van der Waals surface area contributed by atoms with E-state index in [-0.39, 0.29) is 12.6 Å². The van der Waals surface area contributed by atoms with Gasteiger partial charge in [-0.05, 0) is 5.56 Å². The molecule has 0 bridgehead atoms. The lowest BCUT2D eigenvalue weighted by Crippen LogP contribution is -2.19. The number of carbonyl (C=O) groups is 1. The molecule has 3 nitrogen and oxygen atoms in total. The summed E-state index contributed by atoms with van der Waals surface area (Å²) in [7, 11) is 0. The number of hydrogen-bond donors (Lipinski definition) is 1. The van der Waals surface area contributed by atoms with Gasteiger partial charge in [0.15, 0.2) is 0 Å². The van der Waals surface area contributed by atoms with E-state index in [1.165, 1.54) is 6.92 Å². The van der Waals surface area contributed by atoms with E-state index in [0.717, 1.165) is 5.56 Å². The minimum absolute atomic E-state index is 0.0597. The number of carbonyl (C=O) groups excluding carboxylic acids is 1. The van der Waals surface area contributed by atoms with Crippen molar-refractivity contribution < 1.29 is 14.6 Å². The predicted octanol–water partition coefficient (Wildman–Crippen LogP) is 1.15. The van der Waals surface area contributed by atoms with Gasteiger partial charge in [-0.15, -0.1) is 0 Å². The Morgan fingerprint density at radius 1 is 1.43 bits per heavy atom. The van der Waals surface area contributed by atoms with Crippen molar-refractivity contribution in [1.82, 2.24) is 0 Å². The van der Waals surface area contributed by atoms with Crippen molar-refractivity contribution in [2.45, 2.75) is 19.4 Å². The Balaban J connectivity index is 2.34. The second kappa shape index (κ2) is 5.40. The first-order valence-electron chi connectivity index (χ1n) is 4.54. The molecule has 76 valence electrons. The van der Waals surface area contributed by atoms with Crippen molar-refractivity contribution in [3.63, 3.8) is 0 Å². The Labute approximate surface area is 83.3 Å². The molecule has 0 spiro atoms. The third kappa shape index (κ3) is 4.05. The Bertz CT molecular complexity index is 282. The predicted molar refractivity (Wildman–Crippen MR) is 52.8 cm³/mol. The zero-order valence-electron chi connectivity index (χ0n) is 8.14. The summed E-state index contributed by atoms with van der Waals surface area (Å²) in [5.41, 5.74) is 1.03. The highest BCUT2D eigenvalue weighted by molar-refractivity contribution is 5.65. The van der Waals surface area contributed by atoms with E-state index in [1.807, 2.05) is 30.3 Å². The highest BCUT2D eigenvalue weighted by Gasteiger charge is 2.06. The second-order valence-electron chi connectivity index (χ2n) is 3.15. The first-order chi connectivity index (χ1) is 6.68. The van der Waals surface area contributed by atoms with Crippen LogP contribution in [0.5, 0.6) is 0 Å². The zero-order valence-corrected chi connectivity index (χ0v) is 8.14. The monoisotopic (exact) mass is 194 g/mol. The first-order valence-corrected chi connectivity index (χ1v) is 4.54. The number of esters is 1.